The number of unbranched alkanes of at least 4 members (excludes halogenated alkanes) is 1. The number of hydrogen-bond acceptors (Lipinski definition) is 7. The van der Waals surface area contributed by atoms with E-state index in [1.807, 2.05) is 30.3 Å². The number of aliphatic carboxylic acids is 1. The SMILES string of the molecule is CC(NC(=O)C(CCCCN)NC(=O)C(N)Cc1ccccc1)C(=O)NC(CCCN=C(N)N)C(=O)O. The van der Waals surface area contributed by atoms with Crippen LogP contribution in [0.5, 0.6) is 0 Å². The van der Waals surface area contributed by atoms with E-state index < -0.39 is 47.9 Å². The van der Waals surface area contributed by atoms with Crippen LogP contribution in [-0.2, 0) is 25.6 Å². The van der Waals surface area contributed by atoms with Crippen LogP contribution in [0.15, 0.2) is 35.3 Å². The number of rotatable bonds is 17. The van der Waals surface area contributed by atoms with Crippen LogP contribution in [0.1, 0.15) is 44.6 Å². The number of carbonyl (C=O) groups is 4. The molecule has 1 aromatic rings. The summed E-state index contributed by atoms with van der Waals surface area (Å²) in [4.78, 5) is 53.5. The summed E-state index contributed by atoms with van der Waals surface area (Å²) < 4.78 is 0. The molecule has 13 heteroatoms. The Morgan fingerprint density at radius 1 is 0.892 bits per heavy atom. The molecule has 0 aliphatic heterocycles. The van der Waals surface area contributed by atoms with E-state index in [1.54, 1.807) is 0 Å². The van der Waals surface area contributed by atoms with Crippen LogP contribution in [0.4, 0.5) is 0 Å². The highest BCUT2D eigenvalue weighted by Crippen LogP contribution is 2.06. The van der Waals surface area contributed by atoms with Crippen LogP contribution >= 0.6 is 0 Å². The topological polar surface area (TPSA) is 241 Å². The average Bonchev–Trinajstić information content (AvgIpc) is 2.85. The van der Waals surface area contributed by atoms with Gasteiger partial charge in [-0.3, -0.25) is 19.4 Å². The molecule has 0 fully saturated rings. The third-order valence-corrected chi connectivity index (χ3v) is 5.53. The number of carboxylic acid groups (broad SMARTS) is 1. The lowest BCUT2D eigenvalue weighted by molar-refractivity contribution is -0.142. The van der Waals surface area contributed by atoms with Gasteiger partial charge in [-0.2, -0.15) is 0 Å². The first-order valence-corrected chi connectivity index (χ1v) is 12.2. The Morgan fingerprint density at radius 3 is 2.11 bits per heavy atom. The molecule has 13 nitrogen and oxygen atoms in total. The van der Waals surface area contributed by atoms with Gasteiger partial charge in [-0.05, 0) is 57.6 Å². The second kappa shape index (κ2) is 16.9. The van der Waals surface area contributed by atoms with Crippen molar-refractivity contribution in [3.8, 4) is 0 Å². The first-order chi connectivity index (χ1) is 17.5. The van der Waals surface area contributed by atoms with Crippen LogP contribution in [0, 0.1) is 0 Å². The molecule has 4 atom stereocenters. The van der Waals surface area contributed by atoms with Gasteiger partial charge in [0.05, 0.1) is 6.04 Å². The number of nitrogens with zero attached hydrogens (tertiary/aromatic N) is 1. The second-order valence-corrected chi connectivity index (χ2v) is 8.72. The smallest absolute Gasteiger partial charge is 0.326 e. The lowest BCUT2D eigenvalue weighted by Crippen LogP contribution is -2.56. The van der Waals surface area contributed by atoms with Crippen molar-refractivity contribution >= 4 is 29.7 Å². The van der Waals surface area contributed by atoms with E-state index in [0.29, 0.717) is 38.6 Å². The van der Waals surface area contributed by atoms with E-state index in [1.165, 1.54) is 6.92 Å². The quantitative estimate of drug-likeness (QED) is 0.0662. The van der Waals surface area contributed by atoms with Crippen molar-refractivity contribution in [2.24, 2.45) is 27.9 Å². The van der Waals surface area contributed by atoms with E-state index in [2.05, 4.69) is 20.9 Å². The second-order valence-electron chi connectivity index (χ2n) is 8.72. The lowest BCUT2D eigenvalue weighted by atomic mass is 10.0. The van der Waals surface area contributed by atoms with Gasteiger partial charge in [-0.15, -0.1) is 0 Å². The molecule has 0 aromatic heterocycles. The van der Waals surface area contributed by atoms with Gasteiger partial charge in [0.25, 0.3) is 0 Å². The predicted octanol–water partition coefficient (Wildman–Crippen LogP) is -1.70. The van der Waals surface area contributed by atoms with Gasteiger partial charge >= 0.3 is 5.97 Å². The third-order valence-electron chi connectivity index (χ3n) is 5.53. The first-order valence-electron chi connectivity index (χ1n) is 12.2. The zero-order valence-electron chi connectivity index (χ0n) is 21.2. The Morgan fingerprint density at radius 2 is 1.51 bits per heavy atom. The number of nitrogens with one attached hydrogen (secondary N) is 3. The summed E-state index contributed by atoms with van der Waals surface area (Å²) in [5.74, 6) is -3.10. The number of guanidine groups is 1. The fourth-order valence-corrected chi connectivity index (χ4v) is 3.44. The number of benzene rings is 1. The van der Waals surface area contributed by atoms with E-state index in [9.17, 15) is 24.3 Å². The van der Waals surface area contributed by atoms with Gasteiger partial charge in [0.15, 0.2) is 5.96 Å². The molecule has 1 aromatic carbocycles. The van der Waals surface area contributed by atoms with Crippen LogP contribution in [0.3, 0.4) is 0 Å². The van der Waals surface area contributed by atoms with Crippen molar-refractivity contribution in [2.75, 3.05) is 13.1 Å². The molecule has 37 heavy (non-hydrogen) atoms. The third kappa shape index (κ3) is 12.7. The normalized spacial score (nSPS) is 13.9. The minimum absolute atomic E-state index is 0.0929. The molecule has 0 aliphatic carbocycles. The molecule has 0 bridgehead atoms. The van der Waals surface area contributed by atoms with E-state index in [4.69, 9.17) is 22.9 Å². The average molecular weight is 521 g/mol. The maximum absolute atomic E-state index is 12.9. The molecule has 12 N–H and O–H groups in total. The Balaban J connectivity index is 2.73. The molecule has 0 saturated heterocycles. The molecule has 3 amide bonds. The van der Waals surface area contributed by atoms with Gasteiger partial charge in [-0.1, -0.05) is 30.3 Å². The highest BCUT2D eigenvalue weighted by atomic mass is 16.4. The number of amides is 3. The van der Waals surface area contributed by atoms with Gasteiger partial charge in [0, 0.05) is 6.54 Å². The minimum atomic E-state index is -1.23. The molecule has 0 aliphatic rings. The van der Waals surface area contributed by atoms with Crippen molar-refractivity contribution in [1.82, 2.24) is 16.0 Å². The summed E-state index contributed by atoms with van der Waals surface area (Å²) in [5.41, 5.74) is 23.0. The number of nitrogens with two attached hydrogens (primary N) is 4. The molecular weight excluding hydrogens is 480 g/mol. The fourth-order valence-electron chi connectivity index (χ4n) is 3.44. The monoisotopic (exact) mass is 520 g/mol. The summed E-state index contributed by atoms with van der Waals surface area (Å²) in [6, 6.07) is 5.19. The Hall–Kier alpha value is -3.71. The molecule has 0 heterocycles. The maximum Gasteiger partial charge on any atom is 0.326 e. The van der Waals surface area contributed by atoms with Crippen molar-refractivity contribution in [3.63, 3.8) is 0 Å². The van der Waals surface area contributed by atoms with Crippen molar-refractivity contribution in [3.05, 3.63) is 35.9 Å². The molecule has 0 saturated carbocycles. The number of hydrogen-bond donors (Lipinski definition) is 8. The van der Waals surface area contributed by atoms with Crippen molar-refractivity contribution in [1.29, 1.82) is 0 Å². The summed E-state index contributed by atoms with van der Waals surface area (Å²) >= 11 is 0. The standard InChI is InChI=1S/C24H40N8O5/c1-15(20(33)32-19(23(36)37)11-7-13-29-24(27)28)30-22(35)18(10-5-6-12-25)31-21(34)17(26)14-16-8-3-2-4-9-16/h2-4,8-9,15,17-19H,5-7,10-14,25-26H2,1H3,(H,30,35)(H,31,34)(H,32,33)(H,36,37)(H4,27,28,29). The minimum Gasteiger partial charge on any atom is -0.480 e. The highest BCUT2D eigenvalue weighted by molar-refractivity contribution is 5.93. The Labute approximate surface area is 216 Å². The van der Waals surface area contributed by atoms with Gasteiger partial charge in [0.1, 0.15) is 18.1 Å². The number of carbonyl (C=O) groups excluding carboxylic acids is 3. The number of carboxylic acids is 1. The molecule has 1 rings (SSSR count). The lowest BCUT2D eigenvalue weighted by Gasteiger charge is -2.23. The summed E-state index contributed by atoms with van der Waals surface area (Å²) in [5, 5.41) is 17.0. The largest absolute Gasteiger partial charge is 0.480 e. The zero-order valence-corrected chi connectivity index (χ0v) is 21.2. The van der Waals surface area contributed by atoms with Crippen LogP contribution in [-0.4, -0.2) is 72.0 Å². The summed E-state index contributed by atoms with van der Waals surface area (Å²) in [6.07, 6.45) is 2.22. The van der Waals surface area contributed by atoms with Gasteiger partial charge in [0.2, 0.25) is 17.7 Å². The van der Waals surface area contributed by atoms with Crippen LogP contribution in [0.25, 0.3) is 0 Å². The molecule has 206 valence electrons. The summed E-state index contributed by atoms with van der Waals surface area (Å²) in [7, 11) is 0. The summed E-state index contributed by atoms with van der Waals surface area (Å²) in [6.45, 7) is 2.06. The van der Waals surface area contributed by atoms with Crippen LogP contribution < -0.4 is 38.9 Å². The Bertz CT molecular complexity index is 908. The predicted molar refractivity (Wildman–Crippen MR) is 140 cm³/mol. The van der Waals surface area contributed by atoms with Crippen molar-refractivity contribution < 1.29 is 24.3 Å². The molecular formula is C24H40N8O5. The van der Waals surface area contributed by atoms with Gasteiger partial charge < -0.3 is 44.0 Å². The van der Waals surface area contributed by atoms with Gasteiger partial charge in [-0.25, -0.2) is 4.79 Å². The first kappa shape index (κ1) is 31.3. The van der Waals surface area contributed by atoms with E-state index in [-0.39, 0.29) is 18.9 Å². The zero-order chi connectivity index (χ0) is 27.8. The van der Waals surface area contributed by atoms with E-state index in [0.717, 1.165) is 5.56 Å². The molecule has 0 radical (unpaired) electrons. The number of aliphatic imine (C=N–C) groups is 1. The highest BCUT2D eigenvalue weighted by Gasteiger charge is 2.28. The molecule has 0 spiro atoms. The van der Waals surface area contributed by atoms with Crippen molar-refractivity contribution in [2.45, 2.75) is 69.6 Å². The molecule has 4 unspecified atom stereocenters. The fraction of sp³-hybridized carbons (Fsp3) is 0.542. The van der Waals surface area contributed by atoms with Crippen LogP contribution in [0.2, 0.25) is 0 Å². The Kier molecular flexibility index (Phi) is 14.3. The van der Waals surface area contributed by atoms with E-state index >= 15 is 0 Å². The maximum atomic E-state index is 12.9.